The minimum absolute atomic E-state index is 0.558. The maximum absolute atomic E-state index is 4.13. The summed E-state index contributed by atoms with van der Waals surface area (Å²) in [6.45, 7) is 2.22. The summed E-state index contributed by atoms with van der Waals surface area (Å²) in [5.74, 6) is 0. The normalized spacial score (nSPS) is 20.4. The van der Waals surface area contributed by atoms with Crippen LogP contribution in [-0.2, 0) is 0 Å². The van der Waals surface area contributed by atoms with E-state index in [1.165, 1.54) is 29.3 Å². The van der Waals surface area contributed by atoms with Gasteiger partial charge in [-0.05, 0) is 43.0 Å². The predicted molar refractivity (Wildman–Crippen MR) is 71.3 cm³/mol. The van der Waals surface area contributed by atoms with E-state index < -0.39 is 0 Å². The third kappa shape index (κ3) is 2.39. The first-order valence-corrected chi connectivity index (χ1v) is 6.23. The van der Waals surface area contributed by atoms with E-state index in [2.05, 4.69) is 39.9 Å². The van der Waals surface area contributed by atoms with Crippen molar-refractivity contribution in [2.45, 2.75) is 18.9 Å². The number of nitrogens with zero attached hydrogens (tertiary/aromatic N) is 1. The van der Waals surface area contributed by atoms with Gasteiger partial charge in [-0.1, -0.05) is 6.07 Å². The summed E-state index contributed by atoms with van der Waals surface area (Å²) >= 11 is 0. The van der Waals surface area contributed by atoms with Crippen LogP contribution in [0.15, 0.2) is 36.7 Å². The van der Waals surface area contributed by atoms with Gasteiger partial charge in [0.15, 0.2) is 0 Å². The molecule has 1 aliphatic rings. The van der Waals surface area contributed by atoms with Crippen molar-refractivity contribution in [1.29, 1.82) is 0 Å². The molecule has 0 spiro atoms. The number of nitrogens with one attached hydrogen (secondary N) is 2. The summed E-state index contributed by atoms with van der Waals surface area (Å²) in [7, 11) is 0. The highest BCUT2D eigenvalue weighted by Crippen LogP contribution is 2.19. The lowest BCUT2D eigenvalue weighted by Crippen LogP contribution is -2.38. The molecule has 1 aromatic carbocycles. The Labute approximate surface area is 101 Å². The van der Waals surface area contributed by atoms with Crippen molar-refractivity contribution in [3.63, 3.8) is 0 Å². The van der Waals surface area contributed by atoms with Crippen LogP contribution in [-0.4, -0.2) is 24.1 Å². The zero-order valence-electron chi connectivity index (χ0n) is 9.82. The molecular weight excluding hydrogens is 210 g/mol. The van der Waals surface area contributed by atoms with E-state index in [9.17, 15) is 0 Å². The van der Waals surface area contributed by atoms with Gasteiger partial charge in [0.1, 0.15) is 0 Å². The zero-order chi connectivity index (χ0) is 11.5. The first-order valence-electron chi connectivity index (χ1n) is 6.23. The molecule has 2 N–H and O–H groups in total. The van der Waals surface area contributed by atoms with Gasteiger partial charge in [0.05, 0.1) is 0 Å². The van der Waals surface area contributed by atoms with E-state index in [4.69, 9.17) is 0 Å². The van der Waals surface area contributed by atoms with Crippen LogP contribution in [0.5, 0.6) is 0 Å². The Morgan fingerprint density at radius 1 is 1.24 bits per heavy atom. The van der Waals surface area contributed by atoms with Crippen molar-refractivity contribution in [2.75, 3.05) is 18.4 Å². The molecule has 0 saturated carbocycles. The highest BCUT2D eigenvalue weighted by Gasteiger charge is 2.12. The number of rotatable bonds is 2. The molecule has 3 heteroatoms. The van der Waals surface area contributed by atoms with Gasteiger partial charge in [-0.25, -0.2) is 0 Å². The molecule has 0 amide bonds. The average molecular weight is 227 g/mol. The van der Waals surface area contributed by atoms with Crippen molar-refractivity contribution < 1.29 is 0 Å². The molecule has 3 nitrogen and oxygen atoms in total. The molecular formula is C14H17N3. The number of pyridine rings is 1. The fraction of sp³-hybridized carbons (Fsp3) is 0.357. The fourth-order valence-corrected chi connectivity index (χ4v) is 2.38. The maximum atomic E-state index is 4.13. The molecule has 17 heavy (non-hydrogen) atoms. The van der Waals surface area contributed by atoms with Crippen molar-refractivity contribution in [3.05, 3.63) is 36.7 Å². The average Bonchev–Trinajstić information content (AvgIpc) is 2.40. The minimum Gasteiger partial charge on any atom is -0.381 e. The Balaban J connectivity index is 1.80. The molecule has 0 bridgehead atoms. The van der Waals surface area contributed by atoms with E-state index in [0.717, 1.165) is 13.1 Å². The van der Waals surface area contributed by atoms with Gasteiger partial charge in [0.2, 0.25) is 0 Å². The molecule has 0 aliphatic carbocycles. The number of hydrogen-bond acceptors (Lipinski definition) is 3. The van der Waals surface area contributed by atoms with Crippen molar-refractivity contribution >= 4 is 16.5 Å². The minimum atomic E-state index is 0.558. The van der Waals surface area contributed by atoms with Gasteiger partial charge in [-0.2, -0.15) is 0 Å². The Morgan fingerprint density at radius 2 is 2.24 bits per heavy atom. The summed E-state index contributed by atoms with van der Waals surface area (Å²) in [6.07, 6.45) is 6.26. The molecule has 1 aliphatic heterocycles. The van der Waals surface area contributed by atoms with Crippen LogP contribution < -0.4 is 10.6 Å². The fourth-order valence-electron chi connectivity index (χ4n) is 2.38. The molecule has 1 aromatic heterocycles. The number of piperidine rings is 1. The number of aromatic nitrogens is 1. The Bertz CT molecular complexity index is 504. The van der Waals surface area contributed by atoms with Crippen LogP contribution in [0.4, 0.5) is 5.69 Å². The Kier molecular flexibility index (Phi) is 2.92. The summed E-state index contributed by atoms with van der Waals surface area (Å²) in [6, 6.07) is 9.08. The maximum Gasteiger partial charge on any atom is 0.0386 e. The lowest BCUT2D eigenvalue weighted by molar-refractivity contribution is 0.480. The van der Waals surface area contributed by atoms with Gasteiger partial charge < -0.3 is 10.6 Å². The second-order valence-corrected chi connectivity index (χ2v) is 4.63. The highest BCUT2D eigenvalue weighted by molar-refractivity contribution is 5.84. The third-order valence-electron chi connectivity index (χ3n) is 3.31. The van der Waals surface area contributed by atoms with E-state index in [1.807, 2.05) is 12.4 Å². The highest BCUT2D eigenvalue weighted by atomic mass is 15.0. The molecule has 0 unspecified atom stereocenters. The standard InChI is InChI=1S/C14H17N3/c1-2-14(10-15-6-1)17-13-4-3-12-9-16-7-5-11(12)8-13/h3-5,7-9,14-15,17H,1-2,6,10H2/t14-/m1/s1. The van der Waals surface area contributed by atoms with Crippen LogP contribution in [0.2, 0.25) is 0 Å². The smallest absolute Gasteiger partial charge is 0.0386 e. The van der Waals surface area contributed by atoms with Gasteiger partial charge in [-0.15, -0.1) is 0 Å². The molecule has 0 radical (unpaired) electrons. The largest absolute Gasteiger partial charge is 0.381 e. The van der Waals surface area contributed by atoms with E-state index in [1.54, 1.807) is 0 Å². The number of anilines is 1. The summed E-state index contributed by atoms with van der Waals surface area (Å²) in [4.78, 5) is 4.13. The van der Waals surface area contributed by atoms with E-state index >= 15 is 0 Å². The second-order valence-electron chi connectivity index (χ2n) is 4.63. The molecule has 1 fully saturated rings. The topological polar surface area (TPSA) is 37.0 Å². The van der Waals surface area contributed by atoms with Crippen LogP contribution in [0.3, 0.4) is 0 Å². The quantitative estimate of drug-likeness (QED) is 0.827. The molecule has 2 aromatic rings. The molecule has 2 heterocycles. The van der Waals surface area contributed by atoms with Gasteiger partial charge >= 0.3 is 0 Å². The van der Waals surface area contributed by atoms with Gasteiger partial charge in [-0.3, -0.25) is 4.98 Å². The molecule has 3 rings (SSSR count). The SMILES string of the molecule is c1cc2cc(N[C@@H]3CCCNC3)ccc2cn1. The number of benzene rings is 1. The van der Waals surface area contributed by atoms with Crippen LogP contribution in [0.25, 0.3) is 10.8 Å². The zero-order valence-corrected chi connectivity index (χ0v) is 9.82. The predicted octanol–water partition coefficient (Wildman–Crippen LogP) is 2.40. The van der Waals surface area contributed by atoms with E-state index in [0.29, 0.717) is 6.04 Å². The monoisotopic (exact) mass is 227 g/mol. The Morgan fingerprint density at radius 3 is 3.12 bits per heavy atom. The van der Waals surface area contributed by atoms with Crippen LogP contribution >= 0.6 is 0 Å². The summed E-state index contributed by atoms with van der Waals surface area (Å²) in [5.41, 5.74) is 1.21. The van der Waals surface area contributed by atoms with Gasteiger partial charge in [0, 0.05) is 36.1 Å². The number of hydrogen-bond donors (Lipinski definition) is 2. The summed E-state index contributed by atoms with van der Waals surface area (Å²) < 4.78 is 0. The second kappa shape index (κ2) is 4.72. The van der Waals surface area contributed by atoms with E-state index in [-0.39, 0.29) is 0 Å². The lowest BCUT2D eigenvalue weighted by Gasteiger charge is -2.24. The molecule has 88 valence electrons. The van der Waals surface area contributed by atoms with Crippen molar-refractivity contribution in [1.82, 2.24) is 10.3 Å². The van der Waals surface area contributed by atoms with Gasteiger partial charge in [0.25, 0.3) is 0 Å². The molecule has 1 saturated heterocycles. The first-order chi connectivity index (χ1) is 8.42. The van der Waals surface area contributed by atoms with Crippen molar-refractivity contribution in [3.8, 4) is 0 Å². The van der Waals surface area contributed by atoms with Crippen LogP contribution in [0.1, 0.15) is 12.8 Å². The number of fused-ring (bicyclic) bond motifs is 1. The third-order valence-corrected chi connectivity index (χ3v) is 3.31. The lowest BCUT2D eigenvalue weighted by atomic mass is 10.1. The van der Waals surface area contributed by atoms with Crippen molar-refractivity contribution in [2.24, 2.45) is 0 Å². The molecule has 1 atom stereocenters. The summed E-state index contributed by atoms with van der Waals surface area (Å²) in [5, 5.41) is 9.45. The van der Waals surface area contributed by atoms with Crippen LogP contribution in [0, 0.1) is 0 Å². The Hall–Kier alpha value is -1.61. The first kappa shape index (κ1) is 10.5.